The minimum Gasteiger partial charge on any atom is -0.316 e. The van der Waals surface area contributed by atoms with Gasteiger partial charge in [0, 0.05) is 0 Å². The Balaban J connectivity index is 1.97. The first-order valence-corrected chi connectivity index (χ1v) is 5.20. The maximum absolute atomic E-state index is 3.52. The molecule has 1 N–H and O–H groups in total. The van der Waals surface area contributed by atoms with E-state index in [2.05, 4.69) is 33.0 Å². The van der Waals surface area contributed by atoms with Gasteiger partial charge in [0.1, 0.15) is 0 Å². The predicted octanol–water partition coefficient (Wildman–Crippen LogP) is 2.67. The molecule has 1 fully saturated rings. The maximum Gasteiger partial charge on any atom is -0.00200 e. The third kappa shape index (κ3) is 3.14. The molecule has 72 valence electrons. The fraction of sp³-hybridized carbons (Fsp3) is 1.00. The Morgan fingerprint density at radius 2 is 1.92 bits per heavy atom. The fourth-order valence-electron chi connectivity index (χ4n) is 2.22. The first-order chi connectivity index (χ1) is 5.49. The molecule has 1 aliphatic carbocycles. The molecule has 0 aromatic carbocycles. The van der Waals surface area contributed by atoms with Gasteiger partial charge in [-0.05, 0) is 43.2 Å². The molecule has 0 heterocycles. The molecule has 0 unspecified atom stereocenters. The van der Waals surface area contributed by atoms with Gasteiger partial charge in [-0.1, -0.05) is 27.7 Å². The van der Waals surface area contributed by atoms with Gasteiger partial charge in [-0.3, -0.25) is 0 Å². The largest absolute Gasteiger partial charge is 0.316 e. The molecule has 1 heteroatoms. The van der Waals surface area contributed by atoms with Crippen molar-refractivity contribution in [2.75, 3.05) is 13.1 Å². The van der Waals surface area contributed by atoms with E-state index in [9.17, 15) is 0 Å². The quantitative estimate of drug-likeness (QED) is 0.682. The van der Waals surface area contributed by atoms with Crippen LogP contribution in [0.25, 0.3) is 0 Å². The van der Waals surface area contributed by atoms with Gasteiger partial charge in [0.05, 0.1) is 0 Å². The predicted molar refractivity (Wildman–Crippen MR) is 54.2 cm³/mol. The van der Waals surface area contributed by atoms with Crippen LogP contribution in [0.5, 0.6) is 0 Å². The molecule has 1 saturated carbocycles. The Morgan fingerprint density at radius 3 is 2.33 bits per heavy atom. The summed E-state index contributed by atoms with van der Waals surface area (Å²) in [6.07, 6.45) is 2.83. The summed E-state index contributed by atoms with van der Waals surface area (Å²) in [5.74, 6) is 1.75. The molecule has 0 radical (unpaired) electrons. The molecule has 0 bridgehead atoms. The van der Waals surface area contributed by atoms with Crippen LogP contribution >= 0.6 is 0 Å². The SMILES string of the molecule is CC(C)CNCC1CC(C)(C)C1. The molecule has 0 aromatic rings. The number of rotatable bonds is 4. The lowest BCUT2D eigenvalue weighted by Crippen LogP contribution is -2.39. The van der Waals surface area contributed by atoms with Crippen molar-refractivity contribution in [1.82, 2.24) is 5.32 Å². The van der Waals surface area contributed by atoms with Crippen LogP contribution in [-0.2, 0) is 0 Å². The lowest BCUT2D eigenvalue weighted by atomic mass is 9.64. The first kappa shape index (κ1) is 10.0. The molecule has 12 heavy (non-hydrogen) atoms. The highest BCUT2D eigenvalue weighted by molar-refractivity contribution is 4.87. The van der Waals surface area contributed by atoms with Crippen molar-refractivity contribution in [1.29, 1.82) is 0 Å². The van der Waals surface area contributed by atoms with Gasteiger partial charge in [0.2, 0.25) is 0 Å². The Kier molecular flexibility index (Phi) is 3.16. The van der Waals surface area contributed by atoms with E-state index in [1.54, 1.807) is 0 Å². The molecule has 1 rings (SSSR count). The zero-order valence-corrected chi connectivity index (χ0v) is 8.98. The number of nitrogens with one attached hydrogen (secondary N) is 1. The summed E-state index contributed by atoms with van der Waals surface area (Å²) >= 11 is 0. The summed E-state index contributed by atoms with van der Waals surface area (Å²) in [5, 5.41) is 3.52. The second kappa shape index (κ2) is 3.78. The van der Waals surface area contributed by atoms with Crippen LogP contribution in [0.4, 0.5) is 0 Å². The zero-order chi connectivity index (χ0) is 9.19. The van der Waals surface area contributed by atoms with Gasteiger partial charge in [-0.2, -0.15) is 0 Å². The lowest BCUT2D eigenvalue weighted by Gasteiger charge is -2.42. The van der Waals surface area contributed by atoms with Gasteiger partial charge in [-0.15, -0.1) is 0 Å². The van der Waals surface area contributed by atoms with Crippen LogP contribution in [0.15, 0.2) is 0 Å². The second-order valence-electron chi connectivity index (χ2n) is 5.49. The van der Waals surface area contributed by atoms with Crippen molar-refractivity contribution in [3.05, 3.63) is 0 Å². The first-order valence-electron chi connectivity index (χ1n) is 5.20. The average Bonchev–Trinajstić information content (AvgIpc) is 1.82. The van der Waals surface area contributed by atoms with Crippen molar-refractivity contribution in [3.63, 3.8) is 0 Å². The molecule has 1 nitrogen and oxygen atoms in total. The Labute approximate surface area is 76.9 Å². The molecular formula is C11H23N. The van der Waals surface area contributed by atoms with Gasteiger partial charge >= 0.3 is 0 Å². The van der Waals surface area contributed by atoms with Crippen molar-refractivity contribution >= 4 is 0 Å². The normalized spacial score (nSPS) is 22.8. The maximum atomic E-state index is 3.52. The van der Waals surface area contributed by atoms with E-state index in [1.165, 1.54) is 25.9 Å². The Hall–Kier alpha value is -0.0400. The average molecular weight is 169 g/mol. The smallest absolute Gasteiger partial charge is 0.00200 e. The standard InChI is InChI=1S/C11H23N/c1-9(2)7-12-8-10-5-11(3,4)6-10/h9-10,12H,5-8H2,1-4H3. The van der Waals surface area contributed by atoms with Gasteiger partial charge in [0.15, 0.2) is 0 Å². The van der Waals surface area contributed by atoms with Crippen LogP contribution in [0.2, 0.25) is 0 Å². The van der Waals surface area contributed by atoms with E-state index in [0.29, 0.717) is 5.41 Å². The minimum absolute atomic E-state index is 0.643. The third-order valence-electron chi connectivity index (χ3n) is 2.67. The van der Waals surface area contributed by atoms with Crippen molar-refractivity contribution in [3.8, 4) is 0 Å². The van der Waals surface area contributed by atoms with E-state index < -0.39 is 0 Å². The summed E-state index contributed by atoms with van der Waals surface area (Å²) in [7, 11) is 0. The molecule has 0 atom stereocenters. The molecule has 0 aromatic heterocycles. The van der Waals surface area contributed by atoms with Crippen LogP contribution < -0.4 is 5.32 Å². The molecule has 1 aliphatic rings. The van der Waals surface area contributed by atoms with Crippen LogP contribution in [0.3, 0.4) is 0 Å². The summed E-state index contributed by atoms with van der Waals surface area (Å²) in [4.78, 5) is 0. The van der Waals surface area contributed by atoms with E-state index in [0.717, 1.165) is 11.8 Å². The molecule has 0 saturated heterocycles. The second-order valence-corrected chi connectivity index (χ2v) is 5.49. The molecule has 0 aliphatic heterocycles. The summed E-state index contributed by atoms with van der Waals surface area (Å²) in [5.41, 5.74) is 0.643. The van der Waals surface area contributed by atoms with Gasteiger partial charge in [-0.25, -0.2) is 0 Å². The van der Waals surface area contributed by atoms with Gasteiger partial charge < -0.3 is 5.32 Å². The van der Waals surface area contributed by atoms with E-state index >= 15 is 0 Å². The van der Waals surface area contributed by atoms with Crippen LogP contribution in [-0.4, -0.2) is 13.1 Å². The lowest BCUT2D eigenvalue weighted by molar-refractivity contribution is 0.0954. The third-order valence-corrected chi connectivity index (χ3v) is 2.67. The highest BCUT2D eigenvalue weighted by Crippen LogP contribution is 2.44. The number of hydrogen-bond acceptors (Lipinski definition) is 1. The minimum atomic E-state index is 0.643. The van der Waals surface area contributed by atoms with Gasteiger partial charge in [0.25, 0.3) is 0 Å². The highest BCUT2D eigenvalue weighted by Gasteiger charge is 2.35. The topological polar surface area (TPSA) is 12.0 Å². The fourth-order valence-corrected chi connectivity index (χ4v) is 2.22. The monoisotopic (exact) mass is 169 g/mol. The highest BCUT2D eigenvalue weighted by atomic mass is 14.9. The molecular weight excluding hydrogens is 146 g/mol. The van der Waals surface area contributed by atoms with Crippen molar-refractivity contribution < 1.29 is 0 Å². The van der Waals surface area contributed by atoms with Crippen molar-refractivity contribution in [2.45, 2.75) is 40.5 Å². The summed E-state index contributed by atoms with van der Waals surface area (Å²) in [6, 6.07) is 0. The van der Waals surface area contributed by atoms with E-state index in [4.69, 9.17) is 0 Å². The Morgan fingerprint density at radius 1 is 1.33 bits per heavy atom. The summed E-state index contributed by atoms with van der Waals surface area (Å²) in [6.45, 7) is 11.7. The Bertz CT molecular complexity index is 130. The molecule has 0 amide bonds. The van der Waals surface area contributed by atoms with Crippen LogP contribution in [0, 0.1) is 17.3 Å². The zero-order valence-electron chi connectivity index (χ0n) is 8.98. The van der Waals surface area contributed by atoms with Crippen molar-refractivity contribution in [2.24, 2.45) is 17.3 Å². The number of hydrogen-bond donors (Lipinski definition) is 1. The summed E-state index contributed by atoms with van der Waals surface area (Å²) < 4.78 is 0. The van der Waals surface area contributed by atoms with E-state index in [-0.39, 0.29) is 0 Å². The van der Waals surface area contributed by atoms with E-state index in [1.807, 2.05) is 0 Å². The molecule has 0 spiro atoms. The van der Waals surface area contributed by atoms with Crippen LogP contribution in [0.1, 0.15) is 40.5 Å².